The number of carbonyl (C=O) groups excluding carboxylic acids is 2. The van der Waals surface area contributed by atoms with E-state index >= 15 is 0 Å². The number of amides is 2. The number of halogens is 1. The van der Waals surface area contributed by atoms with Gasteiger partial charge in [-0.1, -0.05) is 23.7 Å². The van der Waals surface area contributed by atoms with E-state index in [1.807, 2.05) is 4.83 Å². The highest BCUT2D eigenvalue weighted by molar-refractivity contribution is 7.89. The third kappa shape index (κ3) is 3.25. The van der Waals surface area contributed by atoms with Crippen molar-refractivity contribution < 1.29 is 18.0 Å². The molecule has 0 aliphatic carbocycles. The van der Waals surface area contributed by atoms with Crippen molar-refractivity contribution in [3.05, 3.63) is 58.6 Å². The van der Waals surface area contributed by atoms with Crippen molar-refractivity contribution in [2.75, 3.05) is 5.32 Å². The number of rotatable bonds is 4. The molecule has 1 aliphatic rings. The van der Waals surface area contributed by atoms with Crippen LogP contribution in [0.2, 0.25) is 5.02 Å². The lowest BCUT2D eigenvalue weighted by Gasteiger charge is -2.10. The topological polar surface area (TPSA) is 104 Å². The number of benzene rings is 2. The molecule has 0 fully saturated rings. The molecule has 0 aromatic heterocycles. The van der Waals surface area contributed by atoms with Crippen LogP contribution in [-0.2, 0) is 21.2 Å². The summed E-state index contributed by atoms with van der Waals surface area (Å²) in [5.74, 6) is -0.873. The molecule has 24 heavy (non-hydrogen) atoms. The first-order valence-electron chi connectivity index (χ1n) is 6.86. The number of sulfonamides is 1. The molecule has 2 aromatic carbocycles. The zero-order valence-corrected chi connectivity index (χ0v) is 13.7. The van der Waals surface area contributed by atoms with Gasteiger partial charge < -0.3 is 5.32 Å². The molecule has 3 N–H and O–H groups in total. The lowest BCUT2D eigenvalue weighted by molar-refractivity contribution is -0.115. The summed E-state index contributed by atoms with van der Waals surface area (Å²) in [5.41, 5.74) is 3.42. The third-order valence-electron chi connectivity index (χ3n) is 3.43. The first kappa shape index (κ1) is 16.4. The minimum Gasteiger partial charge on any atom is -0.326 e. The molecule has 2 aromatic rings. The average molecular weight is 366 g/mol. The second-order valence-electron chi connectivity index (χ2n) is 5.08. The Balaban J connectivity index is 1.75. The summed E-state index contributed by atoms with van der Waals surface area (Å²) in [6.07, 6.45) is 0.116. The molecule has 0 saturated carbocycles. The van der Waals surface area contributed by atoms with Crippen LogP contribution in [0.15, 0.2) is 47.4 Å². The van der Waals surface area contributed by atoms with E-state index in [1.165, 1.54) is 30.3 Å². The number of hydrogen-bond acceptors (Lipinski definition) is 4. The van der Waals surface area contributed by atoms with Gasteiger partial charge in [0, 0.05) is 5.69 Å². The number of anilines is 1. The van der Waals surface area contributed by atoms with Gasteiger partial charge >= 0.3 is 0 Å². The maximum atomic E-state index is 12.3. The Morgan fingerprint density at radius 2 is 1.92 bits per heavy atom. The van der Waals surface area contributed by atoms with Gasteiger partial charge in [0.05, 0.1) is 21.9 Å². The molecule has 0 radical (unpaired) electrons. The summed E-state index contributed by atoms with van der Waals surface area (Å²) < 4.78 is 24.5. The summed E-state index contributed by atoms with van der Waals surface area (Å²) in [7, 11) is -3.98. The van der Waals surface area contributed by atoms with Crippen molar-refractivity contribution in [3.8, 4) is 0 Å². The fourth-order valence-electron chi connectivity index (χ4n) is 2.26. The quantitative estimate of drug-likeness (QED) is 0.713. The lowest BCUT2D eigenvalue weighted by atomic mass is 10.2. The summed E-state index contributed by atoms with van der Waals surface area (Å²) in [6.45, 7) is 0. The molecule has 7 nitrogen and oxygen atoms in total. The van der Waals surface area contributed by atoms with E-state index < -0.39 is 15.9 Å². The second kappa shape index (κ2) is 6.23. The van der Waals surface area contributed by atoms with Crippen molar-refractivity contribution in [2.45, 2.75) is 11.3 Å². The molecule has 0 bridgehead atoms. The highest BCUT2D eigenvalue weighted by atomic mass is 35.5. The number of hydrazine groups is 1. The molecule has 0 spiro atoms. The molecule has 124 valence electrons. The number of hydrogen-bond donors (Lipinski definition) is 3. The van der Waals surface area contributed by atoms with Crippen LogP contribution in [0.1, 0.15) is 15.9 Å². The monoisotopic (exact) mass is 365 g/mol. The average Bonchev–Trinajstić information content (AvgIpc) is 2.92. The van der Waals surface area contributed by atoms with Crippen LogP contribution in [0.5, 0.6) is 0 Å². The predicted molar refractivity (Wildman–Crippen MR) is 88.0 cm³/mol. The largest absolute Gasteiger partial charge is 0.326 e. The molecule has 2 amide bonds. The van der Waals surface area contributed by atoms with E-state index in [0.717, 1.165) is 0 Å². The van der Waals surface area contributed by atoms with Gasteiger partial charge in [0.2, 0.25) is 5.91 Å². The molecule has 3 rings (SSSR count). The molecule has 9 heteroatoms. The minimum atomic E-state index is -3.98. The van der Waals surface area contributed by atoms with Gasteiger partial charge in [-0.2, -0.15) is 0 Å². The Hall–Kier alpha value is -2.42. The molecule has 0 atom stereocenters. The normalized spacial score (nSPS) is 13.3. The predicted octanol–water partition coefficient (Wildman–Crippen LogP) is 1.46. The Morgan fingerprint density at radius 3 is 2.67 bits per heavy atom. The van der Waals surface area contributed by atoms with Crippen LogP contribution >= 0.6 is 11.6 Å². The van der Waals surface area contributed by atoms with Gasteiger partial charge in [-0.05, 0) is 35.9 Å². The van der Waals surface area contributed by atoms with E-state index in [4.69, 9.17) is 11.6 Å². The maximum absolute atomic E-state index is 12.3. The van der Waals surface area contributed by atoms with Crippen molar-refractivity contribution in [1.29, 1.82) is 0 Å². The smallest absolute Gasteiger partial charge is 0.267 e. The van der Waals surface area contributed by atoms with Crippen molar-refractivity contribution in [3.63, 3.8) is 0 Å². The Kier molecular flexibility index (Phi) is 4.27. The fourth-order valence-corrected chi connectivity index (χ4v) is 3.37. The van der Waals surface area contributed by atoms with Gasteiger partial charge in [-0.15, -0.1) is 4.83 Å². The molecule has 0 unspecified atom stereocenters. The second-order valence-corrected chi connectivity index (χ2v) is 7.17. The third-order valence-corrected chi connectivity index (χ3v) is 5.00. The summed E-state index contributed by atoms with van der Waals surface area (Å²) in [4.78, 5) is 25.3. The van der Waals surface area contributed by atoms with Gasteiger partial charge in [0.15, 0.2) is 0 Å². The van der Waals surface area contributed by atoms with E-state index in [1.54, 1.807) is 12.1 Å². The summed E-state index contributed by atoms with van der Waals surface area (Å²) in [5, 5.41) is 2.82. The van der Waals surface area contributed by atoms with Gasteiger partial charge in [0.1, 0.15) is 0 Å². The van der Waals surface area contributed by atoms with E-state index in [2.05, 4.69) is 10.7 Å². The van der Waals surface area contributed by atoms with Crippen LogP contribution < -0.4 is 15.6 Å². The SMILES string of the molecule is O=C1Cc2cc(S(=O)(=O)NNC(=O)c3ccccc3Cl)ccc2N1. The van der Waals surface area contributed by atoms with Crippen molar-refractivity contribution in [1.82, 2.24) is 10.3 Å². The minimum absolute atomic E-state index is 0.0581. The summed E-state index contributed by atoms with van der Waals surface area (Å²) in [6, 6.07) is 10.5. The zero-order valence-electron chi connectivity index (χ0n) is 12.2. The Bertz CT molecular complexity index is 943. The van der Waals surface area contributed by atoms with E-state index in [-0.39, 0.29) is 27.8 Å². The maximum Gasteiger partial charge on any atom is 0.267 e. The molecule has 1 heterocycles. The van der Waals surface area contributed by atoms with Crippen molar-refractivity contribution >= 4 is 39.1 Å². The number of carbonyl (C=O) groups is 2. The molecular formula is C15H12ClN3O4S. The fraction of sp³-hybridized carbons (Fsp3) is 0.0667. The molecular weight excluding hydrogens is 354 g/mol. The van der Waals surface area contributed by atoms with Gasteiger partial charge in [0.25, 0.3) is 15.9 Å². The number of fused-ring (bicyclic) bond motifs is 1. The van der Waals surface area contributed by atoms with Crippen LogP contribution in [0.25, 0.3) is 0 Å². The first-order chi connectivity index (χ1) is 11.4. The van der Waals surface area contributed by atoms with Crippen LogP contribution in [-0.4, -0.2) is 20.2 Å². The summed E-state index contributed by atoms with van der Waals surface area (Å²) >= 11 is 5.89. The van der Waals surface area contributed by atoms with Crippen LogP contribution in [0, 0.1) is 0 Å². The zero-order chi connectivity index (χ0) is 17.3. The van der Waals surface area contributed by atoms with Crippen LogP contribution in [0.3, 0.4) is 0 Å². The standard InChI is InChI=1S/C15H12ClN3O4S/c16-12-4-2-1-3-11(12)15(21)18-19-24(22,23)10-5-6-13-9(7-10)8-14(20)17-13/h1-7,19H,8H2,(H,17,20)(H,18,21). The molecule has 1 aliphatic heterocycles. The first-order valence-corrected chi connectivity index (χ1v) is 8.72. The van der Waals surface area contributed by atoms with E-state index in [0.29, 0.717) is 11.3 Å². The highest BCUT2D eigenvalue weighted by Gasteiger charge is 2.22. The Labute approximate surface area is 143 Å². The highest BCUT2D eigenvalue weighted by Crippen LogP contribution is 2.25. The lowest BCUT2D eigenvalue weighted by Crippen LogP contribution is -2.41. The van der Waals surface area contributed by atoms with Gasteiger partial charge in [-0.3, -0.25) is 15.0 Å². The van der Waals surface area contributed by atoms with Crippen LogP contribution in [0.4, 0.5) is 5.69 Å². The van der Waals surface area contributed by atoms with E-state index in [9.17, 15) is 18.0 Å². The van der Waals surface area contributed by atoms with Crippen molar-refractivity contribution in [2.24, 2.45) is 0 Å². The Morgan fingerprint density at radius 1 is 1.17 bits per heavy atom. The van der Waals surface area contributed by atoms with Gasteiger partial charge in [-0.25, -0.2) is 8.42 Å². The number of nitrogens with one attached hydrogen (secondary N) is 3. The molecule has 0 saturated heterocycles.